The molecular weight excluding hydrogens is 512 g/mol. The third-order valence-corrected chi connectivity index (χ3v) is 5.06. The number of halogens is 1. The minimum absolute atomic E-state index is 0.0129. The first-order valence-electron chi connectivity index (χ1n) is 10.3. The number of rotatable bonds is 10. The standard InChI is InChI=1S/C22H21BrN4O7/c1-3-5-19-25-16-7-6-14(23)10-15(16)22(30)26(19)24-11-13-8-17(27(31)32)21(34-12-20(28)29)18(9-13)33-4-2/h6-11H,3-5,12H2,1-2H3,(H,28,29). The molecule has 0 radical (unpaired) electrons. The van der Waals surface area contributed by atoms with E-state index in [1.54, 1.807) is 25.1 Å². The number of benzene rings is 2. The minimum Gasteiger partial charge on any atom is -0.490 e. The normalized spacial score (nSPS) is 11.1. The van der Waals surface area contributed by atoms with Crippen molar-refractivity contribution in [1.29, 1.82) is 0 Å². The monoisotopic (exact) mass is 532 g/mol. The van der Waals surface area contributed by atoms with Crippen molar-refractivity contribution < 1.29 is 24.3 Å². The molecule has 0 aliphatic carbocycles. The van der Waals surface area contributed by atoms with Gasteiger partial charge in [-0.3, -0.25) is 14.9 Å². The van der Waals surface area contributed by atoms with Crippen LogP contribution in [0.1, 0.15) is 31.7 Å². The van der Waals surface area contributed by atoms with Gasteiger partial charge in [-0.2, -0.15) is 9.78 Å². The average molecular weight is 533 g/mol. The Kier molecular flexibility index (Phi) is 7.95. The van der Waals surface area contributed by atoms with Gasteiger partial charge in [0.15, 0.2) is 12.4 Å². The van der Waals surface area contributed by atoms with E-state index in [0.717, 1.165) is 6.42 Å². The summed E-state index contributed by atoms with van der Waals surface area (Å²) in [6, 6.07) is 7.77. The number of carboxylic acids is 1. The number of carboxylic acid groups (broad SMARTS) is 1. The van der Waals surface area contributed by atoms with Crippen LogP contribution < -0.4 is 15.0 Å². The number of hydrogen-bond donors (Lipinski definition) is 1. The van der Waals surface area contributed by atoms with Crippen LogP contribution in [0.3, 0.4) is 0 Å². The van der Waals surface area contributed by atoms with Gasteiger partial charge in [-0.15, -0.1) is 0 Å². The average Bonchev–Trinajstić information content (AvgIpc) is 2.78. The Hall–Kier alpha value is -3.80. The molecule has 1 N–H and O–H groups in total. The molecule has 0 atom stereocenters. The lowest BCUT2D eigenvalue weighted by Crippen LogP contribution is -2.22. The number of aryl methyl sites for hydroxylation is 1. The van der Waals surface area contributed by atoms with Crippen molar-refractivity contribution in [2.45, 2.75) is 26.7 Å². The first-order valence-corrected chi connectivity index (χ1v) is 11.1. The summed E-state index contributed by atoms with van der Waals surface area (Å²) in [6.45, 7) is 3.00. The molecule has 0 unspecified atom stereocenters. The molecular formula is C22H21BrN4O7. The first-order chi connectivity index (χ1) is 16.2. The van der Waals surface area contributed by atoms with E-state index in [-0.39, 0.29) is 29.2 Å². The second-order valence-corrected chi connectivity index (χ2v) is 7.96. The molecule has 0 spiro atoms. The van der Waals surface area contributed by atoms with E-state index in [1.807, 2.05) is 6.92 Å². The summed E-state index contributed by atoms with van der Waals surface area (Å²) in [6.07, 6.45) is 2.49. The summed E-state index contributed by atoms with van der Waals surface area (Å²) in [5.41, 5.74) is -0.0823. The topological polar surface area (TPSA) is 146 Å². The highest BCUT2D eigenvalue weighted by molar-refractivity contribution is 9.10. The number of hydrogen-bond acceptors (Lipinski definition) is 8. The maximum atomic E-state index is 13.1. The van der Waals surface area contributed by atoms with Crippen molar-refractivity contribution in [2.24, 2.45) is 5.10 Å². The molecule has 11 nitrogen and oxygen atoms in total. The van der Waals surface area contributed by atoms with Crippen molar-refractivity contribution in [3.05, 3.63) is 66.7 Å². The van der Waals surface area contributed by atoms with E-state index >= 15 is 0 Å². The Morgan fingerprint density at radius 2 is 2.06 bits per heavy atom. The Bertz CT molecular complexity index is 1340. The first kappa shape index (κ1) is 24.8. The van der Waals surface area contributed by atoms with Gasteiger partial charge in [-0.1, -0.05) is 22.9 Å². The molecule has 1 aromatic heterocycles. The van der Waals surface area contributed by atoms with Crippen LogP contribution in [0.2, 0.25) is 0 Å². The second-order valence-electron chi connectivity index (χ2n) is 7.04. The molecule has 0 bridgehead atoms. The fourth-order valence-corrected chi connectivity index (χ4v) is 3.54. The molecule has 0 amide bonds. The summed E-state index contributed by atoms with van der Waals surface area (Å²) in [5.74, 6) is -1.16. The molecule has 0 aliphatic rings. The Morgan fingerprint density at radius 1 is 1.29 bits per heavy atom. The zero-order chi connectivity index (χ0) is 24.8. The number of nitro groups is 1. The van der Waals surface area contributed by atoms with Crippen LogP contribution in [-0.4, -0.2) is 45.1 Å². The number of nitro benzene ring substituents is 1. The molecule has 0 saturated heterocycles. The van der Waals surface area contributed by atoms with Crippen LogP contribution in [-0.2, 0) is 11.2 Å². The lowest BCUT2D eigenvalue weighted by molar-refractivity contribution is -0.385. The molecule has 2 aromatic carbocycles. The van der Waals surface area contributed by atoms with E-state index in [0.29, 0.717) is 27.6 Å². The quantitative estimate of drug-likeness (QED) is 0.236. The highest BCUT2D eigenvalue weighted by Crippen LogP contribution is 2.38. The molecule has 0 aliphatic heterocycles. The van der Waals surface area contributed by atoms with E-state index < -0.39 is 23.2 Å². The summed E-state index contributed by atoms with van der Waals surface area (Å²) < 4.78 is 12.4. The molecule has 178 valence electrons. The van der Waals surface area contributed by atoms with Crippen LogP contribution in [0, 0.1) is 10.1 Å². The van der Waals surface area contributed by atoms with Crippen molar-refractivity contribution in [1.82, 2.24) is 9.66 Å². The summed E-state index contributed by atoms with van der Waals surface area (Å²) in [7, 11) is 0. The lowest BCUT2D eigenvalue weighted by atomic mass is 10.2. The summed E-state index contributed by atoms with van der Waals surface area (Å²) in [5, 5.41) is 25.1. The van der Waals surface area contributed by atoms with Gasteiger partial charge in [0, 0.05) is 22.5 Å². The van der Waals surface area contributed by atoms with Gasteiger partial charge in [0.1, 0.15) is 5.82 Å². The number of carbonyl (C=O) groups is 1. The van der Waals surface area contributed by atoms with E-state index in [2.05, 4.69) is 26.0 Å². The van der Waals surface area contributed by atoms with Crippen molar-refractivity contribution in [3.8, 4) is 11.5 Å². The van der Waals surface area contributed by atoms with Crippen LogP contribution in [0.15, 0.2) is 44.7 Å². The Balaban J connectivity index is 2.13. The molecule has 0 fully saturated rings. The van der Waals surface area contributed by atoms with Crippen LogP contribution in [0.25, 0.3) is 10.9 Å². The van der Waals surface area contributed by atoms with Crippen molar-refractivity contribution in [3.63, 3.8) is 0 Å². The number of aliphatic carboxylic acids is 1. The van der Waals surface area contributed by atoms with Gasteiger partial charge in [0.2, 0.25) is 5.75 Å². The van der Waals surface area contributed by atoms with Crippen molar-refractivity contribution in [2.75, 3.05) is 13.2 Å². The fraction of sp³-hybridized carbons (Fsp3) is 0.273. The van der Waals surface area contributed by atoms with Crippen molar-refractivity contribution >= 4 is 44.7 Å². The predicted octanol–water partition coefficient (Wildman–Crippen LogP) is 3.76. The smallest absolute Gasteiger partial charge is 0.341 e. The van der Waals surface area contributed by atoms with E-state index in [9.17, 15) is 19.7 Å². The van der Waals surface area contributed by atoms with Crippen LogP contribution in [0.5, 0.6) is 11.5 Å². The van der Waals surface area contributed by atoms with Gasteiger partial charge in [-0.25, -0.2) is 9.78 Å². The molecule has 3 rings (SSSR count). The number of ether oxygens (including phenoxy) is 2. The lowest BCUT2D eigenvalue weighted by Gasteiger charge is -2.12. The van der Waals surface area contributed by atoms with Gasteiger partial charge >= 0.3 is 11.7 Å². The molecule has 0 saturated carbocycles. The minimum atomic E-state index is -1.29. The van der Waals surface area contributed by atoms with Gasteiger partial charge in [0.05, 0.1) is 28.6 Å². The second kappa shape index (κ2) is 10.9. The van der Waals surface area contributed by atoms with E-state index in [4.69, 9.17) is 14.6 Å². The predicted molar refractivity (Wildman–Crippen MR) is 128 cm³/mol. The van der Waals surface area contributed by atoms with Gasteiger partial charge in [0.25, 0.3) is 5.56 Å². The highest BCUT2D eigenvalue weighted by Gasteiger charge is 2.23. The number of nitrogens with zero attached hydrogens (tertiary/aromatic N) is 4. The molecule has 12 heteroatoms. The fourth-order valence-electron chi connectivity index (χ4n) is 3.18. The zero-order valence-corrected chi connectivity index (χ0v) is 19.9. The zero-order valence-electron chi connectivity index (χ0n) is 18.4. The van der Waals surface area contributed by atoms with Crippen LogP contribution in [0.4, 0.5) is 5.69 Å². The third-order valence-electron chi connectivity index (χ3n) is 4.57. The largest absolute Gasteiger partial charge is 0.490 e. The maximum Gasteiger partial charge on any atom is 0.341 e. The molecule has 3 aromatic rings. The highest BCUT2D eigenvalue weighted by atomic mass is 79.9. The number of aromatic nitrogens is 2. The maximum absolute atomic E-state index is 13.1. The SMILES string of the molecule is CCCc1nc2ccc(Br)cc2c(=O)n1N=Cc1cc(OCC)c(OCC(=O)O)c([N+](=O)[O-])c1. The summed E-state index contributed by atoms with van der Waals surface area (Å²) >= 11 is 3.35. The number of fused-ring (bicyclic) bond motifs is 1. The Labute approximate surface area is 201 Å². The van der Waals surface area contributed by atoms with Crippen LogP contribution >= 0.6 is 15.9 Å². The Morgan fingerprint density at radius 3 is 2.71 bits per heavy atom. The molecule has 34 heavy (non-hydrogen) atoms. The summed E-state index contributed by atoms with van der Waals surface area (Å²) in [4.78, 5) is 39.5. The third kappa shape index (κ3) is 5.57. The van der Waals surface area contributed by atoms with Gasteiger partial charge in [-0.05, 0) is 37.6 Å². The van der Waals surface area contributed by atoms with Gasteiger partial charge < -0.3 is 14.6 Å². The van der Waals surface area contributed by atoms with E-state index in [1.165, 1.54) is 23.0 Å². The molecule has 1 heterocycles.